The van der Waals surface area contributed by atoms with Gasteiger partial charge in [-0.25, -0.2) is 4.79 Å². The number of aromatic carboxylic acids is 1. The maximum absolute atomic E-state index is 12.1. The van der Waals surface area contributed by atoms with E-state index in [0.29, 0.717) is 17.8 Å². The Bertz CT molecular complexity index is 550. The van der Waals surface area contributed by atoms with Gasteiger partial charge in [0.1, 0.15) is 0 Å². The van der Waals surface area contributed by atoms with Gasteiger partial charge in [0.2, 0.25) is 0 Å². The molecule has 0 amide bonds. The summed E-state index contributed by atoms with van der Waals surface area (Å²) in [4.78, 5) is 23.3. The Morgan fingerprint density at radius 2 is 1.89 bits per heavy atom. The highest BCUT2D eigenvalue weighted by Crippen LogP contribution is 2.27. The number of carbonyl (C=O) groups is 1. The number of hydrogen-bond donors (Lipinski definition) is 1. The number of aryl methyl sites for hydroxylation is 1. The third-order valence-corrected chi connectivity index (χ3v) is 3.92. The highest BCUT2D eigenvalue weighted by Gasteiger charge is 2.23. The van der Waals surface area contributed by atoms with Crippen LogP contribution in [0.25, 0.3) is 0 Å². The second-order valence-electron chi connectivity index (χ2n) is 6.31. The van der Waals surface area contributed by atoms with E-state index in [9.17, 15) is 14.7 Å². The van der Waals surface area contributed by atoms with Crippen molar-refractivity contribution in [1.82, 2.24) is 4.57 Å². The molecule has 0 aliphatic heterocycles. The van der Waals surface area contributed by atoms with Crippen molar-refractivity contribution in [3.05, 3.63) is 33.2 Å². The summed E-state index contributed by atoms with van der Waals surface area (Å²) in [5.74, 6) is -0.708. The zero-order chi connectivity index (χ0) is 15.0. The molecular weight excluding hydrogens is 242 g/mol. The Balaban J connectivity index is 3.34. The van der Waals surface area contributed by atoms with Gasteiger partial charge >= 0.3 is 5.97 Å². The van der Waals surface area contributed by atoms with Crippen LogP contribution in [0.15, 0.2) is 10.9 Å². The van der Waals surface area contributed by atoms with E-state index in [-0.39, 0.29) is 22.5 Å². The predicted molar refractivity (Wildman–Crippen MR) is 75.8 cm³/mol. The standard InChI is InChI=1S/C15H23NO3/c1-9-7-12(17)16(8-10(2)15(4,5)6)11(3)13(9)14(18)19/h7,10H,8H2,1-6H3,(H,18,19). The van der Waals surface area contributed by atoms with Gasteiger partial charge in [0, 0.05) is 18.3 Å². The quantitative estimate of drug-likeness (QED) is 0.914. The molecule has 1 aromatic rings. The summed E-state index contributed by atoms with van der Waals surface area (Å²) in [6, 6.07) is 1.41. The lowest BCUT2D eigenvalue weighted by Gasteiger charge is -2.28. The second-order valence-corrected chi connectivity index (χ2v) is 6.31. The normalized spacial score (nSPS) is 13.4. The first-order chi connectivity index (χ1) is 8.55. The maximum atomic E-state index is 12.1. The molecule has 0 spiro atoms. The van der Waals surface area contributed by atoms with E-state index in [0.717, 1.165) is 0 Å². The van der Waals surface area contributed by atoms with Gasteiger partial charge in [-0.1, -0.05) is 27.7 Å². The van der Waals surface area contributed by atoms with Crippen LogP contribution >= 0.6 is 0 Å². The third kappa shape index (κ3) is 3.25. The molecule has 1 N–H and O–H groups in total. The lowest BCUT2D eigenvalue weighted by Crippen LogP contribution is -2.31. The van der Waals surface area contributed by atoms with Crippen LogP contribution in [0, 0.1) is 25.2 Å². The molecule has 4 heteroatoms. The molecule has 4 nitrogen and oxygen atoms in total. The van der Waals surface area contributed by atoms with Gasteiger partial charge in [0.15, 0.2) is 0 Å². The van der Waals surface area contributed by atoms with Gasteiger partial charge in [0.05, 0.1) is 5.56 Å². The third-order valence-electron chi connectivity index (χ3n) is 3.92. The van der Waals surface area contributed by atoms with Crippen LogP contribution in [0.5, 0.6) is 0 Å². The van der Waals surface area contributed by atoms with Crippen LogP contribution in [0.4, 0.5) is 0 Å². The summed E-state index contributed by atoms with van der Waals surface area (Å²) < 4.78 is 1.58. The second kappa shape index (κ2) is 5.19. The summed E-state index contributed by atoms with van der Waals surface area (Å²) in [6.07, 6.45) is 0. The smallest absolute Gasteiger partial charge is 0.337 e. The molecule has 0 saturated carbocycles. The summed E-state index contributed by atoms with van der Waals surface area (Å²) in [7, 11) is 0. The van der Waals surface area contributed by atoms with Crippen LogP contribution in [0.3, 0.4) is 0 Å². The minimum Gasteiger partial charge on any atom is -0.478 e. The van der Waals surface area contributed by atoms with E-state index >= 15 is 0 Å². The Morgan fingerprint density at radius 3 is 2.32 bits per heavy atom. The highest BCUT2D eigenvalue weighted by molar-refractivity contribution is 5.90. The van der Waals surface area contributed by atoms with Gasteiger partial charge in [-0.05, 0) is 30.7 Å². The predicted octanol–water partition coefficient (Wildman–Crippen LogP) is 2.85. The zero-order valence-electron chi connectivity index (χ0n) is 12.6. The van der Waals surface area contributed by atoms with E-state index in [1.165, 1.54) is 6.07 Å². The molecule has 0 aliphatic carbocycles. The molecule has 1 aromatic heterocycles. The fraction of sp³-hybridized carbons (Fsp3) is 0.600. The molecule has 0 radical (unpaired) electrons. The van der Waals surface area contributed by atoms with E-state index in [4.69, 9.17) is 0 Å². The van der Waals surface area contributed by atoms with Crippen molar-refractivity contribution >= 4 is 5.97 Å². The van der Waals surface area contributed by atoms with Gasteiger partial charge in [-0.2, -0.15) is 0 Å². The van der Waals surface area contributed by atoms with Gasteiger partial charge in [0.25, 0.3) is 5.56 Å². The molecule has 19 heavy (non-hydrogen) atoms. The SMILES string of the molecule is Cc1cc(=O)n(CC(C)C(C)(C)C)c(C)c1C(=O)O. The first-order valence-electron chi connectivity index (χ1n) is 6.50. The average molecular weight is 265 g/mol. The van der Waals surface area contributed by atoms with E-state index in [1.54, 1.807) is 18.4 Å². The Hall–Kier alpha value is -1.58. The number of carboxylic acid groups (broad SMARTS) is 1. The van der Waals surface area contributed by atoms with Crippen LogP contribution in [-0.4, -0.2) is 15.6 Å². The number of hydrogen-bond acceptors (Lipinski definition) is 2. The average Bonchev–Trinajstić information content (AvgIpc) is 2.21. The number of aromatic nitrogens is 1. The van der Waals surface area contributed by atoms with Crippen molar-refractivity contribution in [2.75, 3.05) is 0 Å². The summed E-state index contributed by atoms with van der Waals surface area (Å²) in [5, 5.41) is 9.24. The van der Waals surface area contributed by atoms with Gasteiger partial charge < -0.3 is 9.67 Å². The van der Waals surface area contributed by atoms with Crippen molar-refractivity contribution in [2.45, 2.75) is 48.1 Å². The summed E-state index contributed by atoms with van der Waals surface area (Å²) >= 11 is 0. The maximum Gasteiger partial charge on any atom is 0.337 e. The molecule has 0 saturated heterocycles. The first-order valence-corrected chi connectivity index (χ1v) is 6.50. The molecule has 1 unspecified atom stereocenters. The monoisotopic (exact) mass is 265 g/mol. The first kappa shape index (κ1) is 15.5. The molecule has 0 bridgehead atoms. The molecule has 1 atom stereocenters. The van der Waals surface area contributed by atoms with Crippen LogP contribution in [-0.2, 0) is 6.54 Å². The molecule has 1 heterocycles. The largest absolute Gasteiger partial charge is 0.478 e. The Labute approximate surface area is 114 Å². The van der Waals surface area contributed by atoms with Gasteiger partial charge in [-0.15, -0.1) is 0 Å². The molecule has 0 fully saturated rings. The van der Waals surface area contributed by atoms with E-state index in [1.807, 2.05) is 0 Å². The van der Waals surface area contributed by atoms with Crippen molar-refractivity contribution in [2.24, 2.45) is 11.3 Å². The van der Waals surface area contributed by atoms with Crippen molar-refractivity contribution < 1.29 is 9.90 Å². The zero-order valence-corrected chi connectivity index (χ0v) is 12.6. The number of pyridine rings is 1. The fourth-order valence-electron chi connectivity index (χ4n) is 2.02. The topological polar surface area (TPSA) is 59.3 Å². The molecule has 0 aliphatic rings. The van der Waals surface area contributed by atoms with Gasteiger partial charge in [-0.3, -0.25) is 4.79 Å². The lowest BCUT2D eigenvalue weighted by atomic mass is 9.82. The van der Waals surface area contributed by atoms with Crippen molar-refractivity contribution in [3.8, 4) is 0 Å². The minimum atomic E-state index is -0.979. The van der Waals surface area contributed by atoms with Crippen molar-refractivity contribution in [3.63, 3.8) is 0 Å². The fourth-order valence-corrected chi connectivity index (χ4v) is 2.02. The van der Waals surface area contributed by atoms with Crippen LogP contribution in [0.2, 0.25) is 0 Å². The summed E-state index contributed by atoms with van der Waals surface area (Å²) in [6.45, 7) is 12.3. The number of carboxylic acids is 1. The number of rotatable bonds is 3. The molecule has 106 valence electrons. The molecule has 0 aromatic carbocycles. The van der Waals surface area contributed by atoms with Crippen LogP contribution in [0.1, 0.15) is 49.3 Å². The Kier molecular flexibility index (Phi) is 4.23. The Morgan fingerprint density at radius 1 is 1.37 bits per heavy atom. The summed E-state index contributed by atoms with van der Waals surface area (Å²) in [5.41, 5.74) is 1.24. The molecule has 1 rings (SSSR count). The highest BCUT2D eigenvalue weighted by atomic mass is 16.4. The van der Waals surface area contributed by atoms with Crippen molar-refractivity contribution in [1.29, 1.82) is 0 Å². The van der Waals surface area contributed by atoms with E-state index in [2.05, 4.69) is 27.7 Å². The lowest BCUT2D eigenvalue weighted by molar-refractivity contribution is 0.0693. The van der Waals surface area contributed by atoms with E-state index < -0.39 is 5.97 Å². The molecular formula is C15H23NO3. The minimum absolute atomic E-state index is 0.0696. The van der Waals surface area contributed by atoms with Crippen LogP contribution < -0.4 is 5.56 Å². The number of nitrogens with zero attached hydrogens (tertiary/aromatic N) is 1.